The number of hydrogen-bond donors (Lipinski definition) is 2. The molecule has 0 rings (SSSR count). The Labute approximate surface area is 72.5 Å². The van der Waals surface area contributed by atoms with Gasteiger partial charge < -0.3 is 0 Å². The van der Waals surface area contributed by atoms with Gasteiger partial charge >= 0.3 is 73.0 Å². The van der Waals surface area contributed by atoms with Crippen molar-refractivity contribution in [2.24, 2.45) is 0 Å². The predicted molar refractivity (Wildman–Crippen MR) is 20.3 cm³/mol. The first-order valence-electron chi connectivity index (χ1n) is 0.948. The molecule has 0 aliphatic rings. The molecule has 38 valence electrons. The van der Waals surface area contributed by atoms with Gasteiger partial charge in [-0.15, -0.1) is 0 Å². The van der Waals surface area contributed by atoms with Crippen LogP contribution in [-0.4, -0.2) is 39.3 Å². The van der Waals surface area contributed by atoms with Crippen molar-refractivity contribution in [3.05, 3.63) is 0 Å². The number of phosphoric acid groups is 1. The summed E-state index contributed by atoms with van der Waals surface area (Å²) in [6.45, 7) is 0. The van der Waals surface area contributed by atoms with Crippen LogP contribution in [0.15, 0.2) is 0 Å². The van der Waals surface area contributed by atoms with Crippen molar-refractivity contribution in [3.63, 3.8) is 0 Å². The van der Waals surface area contributed by atoms with Crippen LogP contribution < -0.4 is 0 Å². The summed E-state index contributed by atoms with van der Waals surface area (Å²) >= 11 is 1.33. The summed E-state index contributed by atoms with van der Waals surface area (Å²) in [7, 11) is -4.17. The molecule has 0 fully saturated rings. The third-order valence-corrected chi connectivity index (χ3v) is 1.32. The van der Waals surface area contributed by atoms with Crippen LogP contribution >= 0.6 is 7.82 Å². The Morgan fingerprint density at radius 3 is 1.71 bits per heavy atom. The first-order chi connectivity index (χ1) is 2.56. The summed E-state index contributed by atoms with van der Waals surface area (Å²) in [5.74, 6) is 0. The SMILES string of the molecule is O=P(O)(O)[O][V].[NaH]. The summed E-state index contributed by atoms with van der Waals surface area (Å²) in [6.07, 6.45) is 0. The summed E-state index contributed by atoms with van der Waals surface area (Å²) in [5, 5.41) is 0. The molecule has 0 radical (unpaired) electrons. The zero-order chi connectivity index (χ0) is 5.21. The molecule has 0 aromatic heterocycles. The third-order valence-electron chi connectivity index (χ3n) is 0.106. The average Bonchev–Trinajstić information content (AvgIpc) is 1.35. The number of hydrogen-bond acceptors (Lipinski definition) is 2. The summed E-state index contributed by atoms with van der Waals surface area (Å²) in [4.78, 5) is 15.4. The van der Waals surface area contributed by atoms with Gasteiger partial charge in [-0.05, 0) is 0 Å². The van der Waals surface area contributed by atoms with Gasteiger partial charge in [0.05, 0.1) is 0 Å². The van der Waals surface area contributed by atoms with E-state index in [1.807, 2.05) is 0 Å². The van der Waals surface area contributed by atoms with Gasteiger partial charge in [0.2, 0.25) is 0 Å². The average molecular weight is 172 g/mol. The Bertz CT molecular complexity index is 75.8. The van der Waals surface area contributed by atoms with Gasteiger partial charge in [-0.25, -0.2) is 0 Å². The van der Waals surface area contributed by atoms with Crippen LogP contribution in [0.3, 0.4) is 0 Å². The summed E-state index contributed by atoms with van der Waals surface area (Å²) in [5.41, 5.74) is 0. The van der Waals surface area contributed by atoms with Crippen molar-refractivity contribution < 1.29 is 35.6 Å². The molecule has 0 unspecified atom stereocenters. The molecule has 0 atom stereocenters. The monoisotopic (exact) mass is 172 g/mol. The molecule has 0 aliphatic carbocycles. The second-order valence-corrected chi connectivity index (χ2v) is 2.48. The van der Waals surface area contributed by atoms with E-state index in [-0.39, 0.29) is 29.6 Å². The maximum absolute atomic E-state index is 9.46. The van der Waals surface area contributed by atoms with Gasteiger partial charge in [0, 0.05) is 0 Å². The van der Waals surface area contributed by atoms with Gasteiger partial charge in [-0.1, -0.05) is 0 Å². The Morgan fingerprint density at radius 1 is 1.57 bits per heavy atom. The van der Waals surface area contributed by atoms with E-state index in [0.29, 0.717) is 0 Å². The second-order valence-electron chi connectivity index (χ2n) is 0.572. The first kappa shape index (κ1) is 11.5. The summed E-state index contributed by atoms with van der Waals surface area (Å²) < 4.78 is 13.0. The van der Waals surface area contributed by atoms with E-state index < -0.39 is 7.82 Å². The van der Waals surface area contributed by atoms with E-state index in [1.165, 1.54) is 17.8 Å². The molecular weight excluding hydrogens is 169 g/mol. The molecule has 0 amide bonds. The Hall–Kier alpha value is 1.69. The maximum atomic E-state index is 9.46. The Balaban J connectivity index is 0. The molecule has 4 nitrogen and oxygen atoms in total. The van der Waals surface area contributed by atoms with E-state index in [2.05, 4.69) is 3.45 Å². The fraction of sp³-hybridized carbons (Fsp3) is 0. The van der Waals surface area contributed by atoms with Gasteiger partial charge in [0.15, 0.2) is 0 Å². The fourth-order valence-electron chi connectivity index (χ4n) is 0. The molecule has 0 saturated heterocycles. The number of rotatable bonds is 1. The Kier molecular flexibility index (Phi) is 7.48. The van der Waals surface area contributed by atoms with Crippen molar-refractivity contribution in [1.29, 1.82) is 0 Å². The van der Waals surface area contributed by atoms with Crippen molar-refractivity contribution in [1.82, 2.24) is 0 Å². The molecule has 0 aromatic carbocycles. The minimum absolute atomic E-state index is 0. The van der Waals surface area contributed by atoms with Crippen molar-refractivity contribution in [2.75, 3.05) is 0 Å². The molecule has 0 saturated carbocycles. The van der Waals surface area contributed by atoms with Crippen LogP contribution in [-0.2, 0) is 25.8 Å². The van der Waals surface area contributed by atoms with Crippen LogP contribution in [0.4, 0.5) is 0 Å². The van der Waals surface area contributed by atoms with Crippen LogP contribution in [0.5, 0.6) is 0 Å². The van der Waals surface area contributed by atoms with E-state index in [4.69, 9.17) is 9.79 Å². The fourth-order valence-corrected chi connectivity index (χ4v) is 0. The molecule has 0 aromatic rings. The van der Waals surface area contributed by atoms with Gasteiger partial charge in [0.1, 0.15) is 0 Å². The zero-order valence-electron chi connectivity index (χ0n) is 2.61. The molecule has 2 N–H and O–H groups in total. The van der Waals surface area contributed by atoms with Crippen LogP contribution in [0.2, 0.25) is 0 Å². The van der Waals surface area contributed by atoms with Crippen molar-refractivity contribution in [2.45, 2.75) is 0 Å². The van der Waals surface area contributed by atoms with E-state index in [1.54, 1.807) is 0 Å². The van der Waals surface area contributed by atoms with Gasteiger partial charge in [-0.3, -0.25) is 0 Å². The molecule has 0 aliphatic heterocycles. The molecular formula is H3NaO4PV. The second kappa shape index (κ2) is 4.56. The van der Waals surface area contributed by atoms with Crippen LogP contribution in [0, 0.1) is 0 Å². The quantitative estimate of drug-likeness (QED) is 0.389. The summed E-state index contributed by atoms with van der Waals surface area (Å²) in [6, 6.07) is 0. The molecule has 0 spiro atoms. The Morgan fingerprint density at radius 2 is 1.71 bits per heavy atom. The normalized spacial score (nSPS) is 10.0. The topological polar surface area (TPSA) is 66.8 Å². The first-order valence-corrected chi connectivity index (χ1v) is 3.05. The van der Waals surface area contributed by atoms with E-state index >= 15 is 0 Å². The van der Waals surface area contributed by atoms with E-state index in [9.17, 15) is 4.57 Å². The molecule has 0 heterocycles. The van der Waals surface area contributed by atoms with E-state index in [0.717, 1.165) is 0 Å². The molecule has 7 heavy (non-hydrogen) atoms. The van der Waals surface area contributed by atoms with Gasteiger partial charge in [0.25, 0.3) is 0 Å². The molecule has 7 heteroatoms. The predicted octanol–water partition coefficient (Wildman–Crippen LogP) is -1.09. The minimum atomic E-state index is -4.17. The van der Waals surface area contributed by atoms with Gasteiger partial charge in [-0.2, -0.15) is 0 Å². The van der Waals surface area contributed by atoms with Crippen molar-refractivity contribution >= 4 is 37.4 Å². The van der Waals surface area contributed by atoms with Crippen molar-refractivity contribution in [3.8, 4) is 0 Å². The standard InChI is InChI=1S/Na.H3O4P.V.H/c;1-5(2,3)4;;/h;(H3,1,2,3,4);;/q;;+1;/p-1. The third kappa shape index (κ3) is 11.3. The molecule has 0 bridgehead atoms. The zero-order valence-corrected chi connectivity index (χ0v) is 4.90. The van der Waals surface area contributed by atoms with Crippen LogP contribution in [0.25, 0.3) is 0 Å². The van der Waals surface area contributed by atoms with Crippen LogP contribution in [0.1, 0.15) is 0 Å².